The van der Waals surface area contributed by atoms with E-state index in [0.29, 0.717) is 16.7 Å². The van der Waals surface area contributed by atoms with Gasteiger partial charge in [0.25, 0.3) is 0 Å². The monoisotopic (exact) mass is 431 g/mol. The highest BCUT2D eigenvalue weighted by molar-refractivity contribution is 7.99. The summed E-state index contributed by atoms with van der Waals surface area (Å²) in [5, 5.41) is 21.7. The Bertz CT molecular complexity index is 1200. The number of phenolic OH excluding ortho intramolecular Hbond substituents is 1. The second-order valence-electron chi connectivity index (χ2n) is 7.12. The number of carbonyl (C=O) groups is 1. The van der Waals surface area contributed by atoms with Crippen LogP contribution in [0.4, 0.5) is 5.69 Å². The number of pyridine rings is 1. The minimum absolute atomic E-state index is 0.0983. The SMILES string of the molecule is Cc1cc(C)cc(-n2c(SCC(=O)Nc3cccc(O)c3)nnc2-c2cccnc2)c1. The van der Waals surface area contributed by atoms with Gasteiger partial charge in [-0.2, -0.15) is 0 Å². The zero-order valence-corrected chi connectivity index (χ0v) is 17.9. The molecule has 0 aliphatic carbocycles. The summed E-state index contributed by atoms with van der Waals surface area (Å²) in [7, 11) is 0. The molecule has 0 bridgehead atoms. The van der Waals surface area contributed by atoms with Gasteiger partial charge in [0.1, 0.15) is 5.75 Å². The number of rotatable bonds is 6. The average molecular weight is 432 g/mol. The molecule has 7 nitrogen and oxygen atoms in total. The maximum absolute atomic E-state index is 12.4. The molecule has 156 valence electrons. The van der Waals surface area contributed by atoms with Crippen LogP contribution in [0.2, 0.25) is 0 Å². The van der Waals surface area contributed by atoms with Gasteiger partial charge >= 0.3 is 0 Å². The summed E-state index contributed by atoms with van der Waals surface area (Å²) >= 11 is 1.30. The number of aromatic nitrogens is 4. The first-order valence-corrected chi connectivity index (χ1v) is 10.6. The summed E-state index contributed by atoms with van der Waals surface area (Å²) in [5.74, 6) is 0.703. The van der Waals surface area contributed by atoms with E-state index in [-0.39, 0.29) is 17.4 Å². The molecule has 8 heteroatoms. The molecule has 0 saturated heterocycles. The van der Waals surface area contributed by atoms with E-state index in [2.05, 4.69) is 38.7 Å². The molecular weight excluding hydrogens is 410 g/mol. The third-order valence-corrected chi connectivity index (χ3v) is 5.41. The van der Waals surface area contributed by atoms with E-state index < -0.39 is 0 Å². The Balaban J connectivity index is 1.63. The van der Waals surface area contributed by atoms with Crippen LogP contribution in [0.15, 0.2) is 72.1 Å². The Kier molecular flexibility index (Phi) is 5.99. The number of anilines is 1. The van der Waals surface area contributed by atoms with Crippen LogP contribution in [0.1, 0.15) is 11.1 Å². The summed E-state index contributed by atoms with van der Waals surface area (Å²) in [5.41, 5.74) is 4.55. The summed E-state index contributed by atoms with van der Waals surface area (Å²) in [6, 6.07) is 16.5. The molecule has 0 unspecified atom stereocenters. The fourth-order valence-electron chi connectivity index (χ4n) is 3.27. The molecule has 0 radical (unpaired) electrons. The molecule has 31 heavy (non-hydrogen) atoms. The lowest BCUT2D eigenvalue weighted by Gasteiger charge is -2.12. The Morgan fingerprint density at radius 3 is 2.58 bits per heavy atom. The molecule has 0 atom stereocenters. The molecule has 1 amide bonds. The Labute approximate surface area is 184 Å². The van der Waals surface area contributed by atoms with Gasteiger partial charge in [0.2, 0.25) is 5.91 Å². The Hall–Kier alpha value is -3.65. The highest BCUT2D eigenvalue weighted by atomic mass is 32.2. The highest BCUT2D eigenvalue weighted by Crippen LogP contribution is 2.29. The third kappa shape index (κ3) is 4.92. The van der Waals surface area contributed by atoms with E-state index in [1.807, 2.05) is 30.5 Å². The summed E-state index contributed by atoms with van der Waals surface area (Å²) in [6.07, 6.45) is 3.45. The Morgan fingerprint density at radius 1 is 1.06 bits per heavy atom. The number of carbonyl (C=O) groups excluding carboxylic acids is 1. The first kappa shape index (κ1) is 20.6. The molecule has 0 fully saturated rings. The third-order valence-electron chi connectivity index (χ3n) is 4.48. The standard InChI is InChI=1S/C23H21N5O2S/c1-15-9-16(2)11-19(10-15)28-22(17-5-4-8-24-13-17)26-27-23(28)31-14-21(30)25-18-6-3-7-20(29)12-18/h3-13,29H,14H2,1-2H3,(H,25,30). The quantitative estimate of drug-likeness (QED) is 0.440. The van der Waals surface area contributed by atoms with Crippen LogP contribution in [0.5, 0.6) is 5.75 Å². The van der Waals surface area contributed by atoms with Crippen molar-refractivity contribution in [3.05, 3.63) is 78.1 Å². The van der Waals surface area contributed by atoms with Crippen molar-refractivity contribution in [2.75, 3.05) is 11.1 Å². The first-order valence-electron chi connectivity index (χ1n) is 9.66. The van der Waals surface area contributed by atoms with Crippen molar-refractivity contribution in [2.24, 2.45) is 0 Å². The number of benzene rings is 2. The highest BCUT2D eigenvalue weighted by Gasteiger charge is 2.18. The van der Waals surface area contributed by atoms with Crippen LogP contribution >= 0.6 is 11.8 Å². The molecule has 4 aromatic rings. The lowest BCUT2D eigenvalue weighted by atomic mass is 10.1. The van der Waals surface area contributed by atoms with Gasteiger partial charge in [-0.1, -0.05) is 23.9 Å². The maximum Gasteiger partial charge on any atom is 0.234 e. The molecule has 2 aromatic heterocycles. The zero-order valence-electron chi connectivity index (χ0n) is 17.1. The van der Waals surface area contributed by atoms with Crippen LogP contribution in [0.25, 0.3) is 17.1 Å². The van der Waals surface area contributed by atoms with Crippen molar-refractivity contribution in [3.8, 4) is 22.8 Å². The summed E-state index contributed by atoms with van der Waals surface area (Å²) in [6.45, 7) is 4.08. The van der Waals surface area contributed by atoms with Crippen LogP contribution < -0.4 is 5.32 Å². The number of thioether (sulfide) groups is 1. The van der Waals surface area contributed by atoms with Gasteiger partial charge in [-0.15, -0.1) is 10.2 Å². The molecule has 0 aliphatic rings. The number of aryl methyl sites for hydroxylation is 2. The van der Waals surface area contributed by atoms with Gasteiger partial charge in [0.15, 0.2) is 11.0 Å². The minimum Gasteiger partial charge on any atom is -0.508 e. The molecule has 2 aromatic carbocycles. The van der Waals surface area contributed by atoms with E-state index in [1.165, 1.54) is 17.8 Å². The van der Waals surface area contributed by atoms with Crippen LogP contribution in [-0.2, 0) is 4.79 Å². The lowest BCUT2D eigenvalue weighted by molar-refractivity contribution is -0.113. The second kappa shape index (κ2) is 9.01. The first-order chi connectivity index (χ1) is 15.0. The van der Waals surface area contributed by atoms with Crippen molar-refractivity contribution in [3.63, 3.8) is 0 Å². The maximum atomic E-state index is 12.4. The number of nitrogens with zero attached hydrogens (tertiary/aromatic N) is 4. The van der Waals surface area contributed by atoms with Gasteiger partial charge < -0.3 is 10.4 Å². The predicted molar refractivity (Wildman–Crippen MR) is 122 cm³/mol. The summed E-state index contributed by atoms with van der Waals surface area (Å²) in [4.78, 5) is 16.6. The fraction of sp³-hybridized carbons (Fsp3) is 0.130. The fourth-order valence-corrected chi connectivity index (χ4v) is 4.02. The van der Waals surface area contributed by atoms with Gasteiger partial charge in [-0.3, -0.25) is 14.3 Å². The minimum atomic E-state index is -0.200. The topological polar surface area (TPSA) is 92.9 Å². The van der Waals surface area contributed by atoms with Gasteiger partial charge in [-0.25, -0.2) is 0 Å². The van der Waals surface area contributed by atoms with E-state index in [9.17, 15) is 9.90 Å². The number of amides is 1. The van der Waals surface area contributed by atoms with Crippen molar-refractivity contribution in [1.82, 2.24) is 19.7 Å². The molecule has 0 aliphatic heterocycles. The Morgan fingerprint density at radius 2 is 1.87 bits per heavy atom. The van der Waals surface area contributed by atoms with Crippen molar-refractivity contribution < 1.29 is 9.90 Å². The summed E-state index contributed by atoms with van der Waals surface area (Å²) < 4.78 is 1.95. The number of phenols is 1. The number of aromatic hydroxyl groups is 1. The average Bonchev–Trinajstić information content (AvgIpc) is 3.16. The van der Waals surface area contributed by atoms with Crippen molar-refractivity contribution >= 4 is 23.4 Å². The molecule has 0 spiro atoms. The molecule has 2 N–H and O–H groups in total. The zero-order chi connectivity index (χ0) is 21.8. The van der Waals surface area contributed by atoms with E-state index >= 15 is 0 Å². The normalized spacial score (nSPS) is 10.8. The van der Waals surface area contributed by atoms with Gasteiger partial charge in [0, 0.05) is 29.7 Å². The van der Waals surface area contributed by atoms with Crippen molar-refractivity contribution in [2.45, 2.75) is 19.0 Å². The molecule has 0 saturated carbocycles. The second-order valence-corrected chi connectivity index (χ2v) is 8.06. The van der Waals surface area contributed by atoms with Crippen LogP contribution in [0.3, 0.4) is 0 Å². The lowest BCUT2D eigenvalue weighted by Crippen LogP contribution is -2.14. The van der Waals surface area contributed by atoms with Gasteiger partial charge in [-0.05, 0) is 61.4 Å². The predicted octanol–water partition coefficient (Wildman–Crippen LogP) is 4.38. The largest absolute Gasteiger partial charge is 0.508 e. The van der Waals surface area contributed by atoms with E-state index in [1.54, 1.807) is 30.6 Å². The van der Waals surface area contributed by atoms with Crippen LogP contribution in [-0.4, -0.2) is 36.5 Å². The van der Waals surface area contributed by atoms with Crippen molar-refractivity contribution in [1.29, 1.82) is 0 Å². The molecule has 2 heterocycles. The number of hydrogen-bond donors (Lipinski definition) is 2. The smallest absolute Gasteiger partial charge is 0.234 e. The van der Waals surface area contributed by atoms with Crippen LogP contribution in [0, 0.1) is 13.8 Å². The number of hydrogen-bond acceptors (Lipinski definition) is 6. The van der Waals surface area contributed by atoms with Gasteiger partial charge in [0.05, 0.1) is 11.4 Å². The molecule has 4 rings (SSSR count). The van der Waals surface area contributed by atoms with E-state index in [0.717, 1.165) is 22.4 Å². The molecular formula is C23H21N5O2S. The van der Waals surface area contributed by atoms with E-state index in [4.69, 9.17) is 0 Å². The number of nitrogens with one attached hydrogen (secondary N) is 1.